The molecule has 0 bridgehead atoms. The zero-order valence-electron chi connectivity index (χ0n) is 11.1. The van der Waals surface area contributed by atoms with Gasteiger partial charge in [-0.15, -0.1) is 0 Å². The van der Waals surface area contributed by atoms with Crippen molar-refractivity contribution in [2.24, 2.45) is 0 Å². The maximum Gasteiger partial charge on any atom is 0.119 e. The Bertz CT molecular complexity index is 344. The summed E-state index contributed by atoms with van der Waals surface area (Å²) in [5.74, 6) is 0.991. The van der Waals surface area contributed by atoms with Crippen LogP contribution in [0.5, 0.6) is 5.75 Å². The minimum absolute atomic E-state index is 0.211. The Labute approximate surface area is 104 Å². The van der Waals surface area contributed by atoms with E-state index in [-0.39, 0.29) is 5.41 Å². The molecule has 1 aromatic rings. The first-order valence-corrected chi connectivity index (χ1v) is 6.46. The summed E-state index contributed by atoms with van der Waals surface area (Å²) in [6.45, 7) is 8.58. The van der Waals surface area contributed by atoms with Crippen molar-refractivity contribution in [1.29, 1.82) is 0 Å². The summed E-state index contributed by atoms with van der Waals surface area (Å²) in [6, 6.07) is 8.52. The summed E-state index contributed by atoms with van der Waals surface area (Å²) in [5, 5.41) is 4.34. The van der Waals surface area contributed by atoms with Crippen molar-refractivity contribution < 1.29 is 4.74 Å². The Morgan fingerprint density at radius 1 is 1.06 bits per heavy atom. The molecule has 0 aliphatic carbocycles. The molecule has 1 saturated heterocycles. The molecule has 1 aliphatic heterocycles. The Morgan fingerprint density at radius 2 is 1.65 bits per heavy atom. The van der Waals surface area contributed by atoms with Gasteiger partial charge >= 0.3 is 0 Å². The molecule has 0 amide bonds. The predicted octanol–water partition coefficient (Wildman–Crippen LogP) is 3.13. The number of rotatable bonds is 2. The molecule has 1 aliphatic rings. The molecule has 2 nitrogen and oxygen atoms in total. The van der Waals surface area contributed by atoms with Crippen molar-refractivity contribution in [2.75, 3.05) is 13.1 Å². The third-order valence-electron chi connectivity index (χ3n) is 3.24. The second kappa shape index (κ2) is 5.09. The van der Waals surface area contributed by atoms with E-state index in [9.17, 15) is 0 Å². The highest BCUT2D eigenvalue weighted by molar-refractivity contribution is 5.31. The Hall–Kier alpha value is -1.02. The van der Waals surface area contributed by atoms with Gasteiger partial charge in [-0.1, -0.05) is 32.9 Å². The molecule has 2 rings (SSSR count). The average molecular weight is 232 g/mol. The molecular formula is C15H22NO. The summed E-state index contributed by atoms with van der Waals surface area (Å²) in [7, 11) is 0. The van der Waals surface area contributed by atoms with E-state index in [4.69, 9.17) is 4.74 Å². The van der Waals surface area contributed by atoms with Gasteiger partial charge in [-0.2, -0.15) is 0 Å². The van der Waals surface area contributed by atoms with Crippen LogP contribution in [0.15, 0.2) is 24.3 Å². The summed E-state index contributed by atoms with van der Waals surface area (Å²) < 4.78 is 5.96. The van der Waals surface area contributed by atoms with Crippen molar-refractivity contribution in [1.82, 2.24) is 5.32 Å². The quantitative estimate of drug-likeness (QED) is 0.768. The van der Waals surface area contributed by atoms with Crippen LogP contribution in [-0.2, 0) is 5.41 Å². The fourth-order valence-corrected chi connectivity index (χ4v) is 2.07. The second-order valence-electron chi connectivity index (χ2n) is 5.76. The van der Waals surface area contributed by atoms with Crippen molar-refractivity contribution >= 4 is 0 Å². The van der Waals surface area contributed by atoms with Crippen molar-refractivity contribution in [2.45, 2.75) is 45.1 Å². The summed E-state index contributed by atoms with van der Waals surface area (Å²) >= 11 is 0. The van der Waals surface area contributed by atoms with Crippen LogP contribution in [0.3, 0.4) is 0 Å². The normalized spacial score (nSPS) is 18.1. The number of piperidine rings is 1. The van der Waals surface area contributed by atoms with E-state index in [1.807, 2.05) is 0 Å². The SMILES string of the molecule is CC(C)(C)c1ccc(OC2CC[N]CC2)cc1. The van der Waals surface area contributed by atoms with E-state index in [0.717, 1.165) is 31.7 Å². The van der Waals surface area contributed by atoms with Gasteiger partial charge in [0.05, 0.1) is 0 Å². The molecule has 2 heteroatoms. The van der Waals surface area contributed by atoms with Gasteiger partial charge in [-0.3, -0.25) is 0 Å². The van der Waals surface area contributed by atoms with Gasteiger partial charge in [-0.25, -0.2) is 5.32 Å². The first-order valence-electron chi connectivity index (χ1n) is 6.46. The zero-order valence-corrected chi connectivity index (χ0v) is 11.1. The number of nitrogens with zero attached hydrogens (tertiary/aromatic N) is 1. The molecule has 1 fully saturated rings. The van der Waals surface area contributed by atoms with Crippen LogP contribution in [-0.4, -0.2) is 19.2 Å². The summed E-state index contributed by atoms with van der Waals surface area (Å²) in [6.07, 6.45) is 2.47. The molecular weight excluding hydrogens is 210 g/mol. The molecule has 0 N–H and O–H groups in total. The molecule has 1 aromatic carbocycles. The lowest BCUT2D eigenvalue weighted by atomic mass is 9.87. The van der Waals surface area contributed by atoms with Gasteiger partial charge in [0.1, 0.15) is 11.9 Å². The fourth-order valence-electron chi connectivity index (χ4n) is 2.07. The van der Waals surface area contributed by atoms with Gasteiger partial charge in [0, 0.05) is 13.1 Å². The molecule has 1 heterocycles. The molecule has 0 unspecified atom stereocenters. The van der Waals surface area contributed by atoms with E-state index >= 15 is 0 Å². The van der Waals surface area contributed by atoms with Crippen molar-refractivity contribution in [3.63, 3.8) is 0 Å². The van der Waals surface area contributed by atoms with Crippen LogP contribution < -0.4 is 10.1 Å². The topological polar surface area (TPSA) is 23.3 Å². The number of hydrogen-bond acceptors (Lipinski definition) is 1. The van der Waals surface area contributed by atoms with Crippen LogP contribution >= 0.6 is 0 Å². The average Bonchev–Trinajstić information content (AvgIpc) is 2.30. The highest BCUT2D eigenvalue weighted by atomic mass is 16.5. The van der Waals surface area contributed by atoms with Gasteiger partial charge in [0.15, 0.2) is 0 Å². The molecule has 0 atom stereocenters. The van der Waals surface area contributed by atoms with Gasteiger partial charge in [0.25, 0.3) is 0 Å². The largest absolute Gasteiger partial charge is 0.490 e. The van der Waals surface area contributed by atoms with E-state index in [2.05, 4.69) is 50.4 Å². The number of hydrogen-bond donors (Lipinski definition) is 0. The fraction of sp³-hybridized carbons (Fsp3) is 0.600. The third kappa shape index (κ3) is 3.47. The minimum atomic E-state index is 0.211. The van der Waals surface area contributed by atoms with Crippen molar-refractivity contribution in [3.05, 3.63) is 29.8 Å². The molecule has 1 radical (unpaired) electrons. The highest BCUT2D eigenvalue weighted by Gasteiger charge is 2.16. The zero-order chi connectivity index (χ0) is 12.3. The lowest BCUT2D eigenvalue weighted by molar-refractivity contribution is 0.161. The minimum Gasteiger partial charge on any atom is -0.490 e. The maximum absolute atomic E-state index is 5.96. The molecule has 17 heavy (non-hydrogen) atoms. The standard InChI is InChI=1S/C15H22NO/c1-15(2,3)12-4-6-13(7-5-12)17-14-8-10-16-11-9-14/h4-7,14H,8-11H2,1-3H3. The Kier molecular flexibility index (Phi) is 3.72. The van der Waals surface area contributed by atoms with E-state index in [1.165, 1.54) is 5.56 Å². The Balaban J connectivity index is 1.98. The Morgan fingerprint density at radius 3 is 2.18 bits per heavy atom. The van der Waals surface area contributed by atoms with E-state index in [1.54, 1.807) is 0 Å². The predicted molar refractivity (Wildman–Crippen MR) is 70.7 cm³/mol. The van der Waals surface area contributed by atoms with Crippen molar-refractivity contribution in [3.8, 4) is 5.75 Å². The van der Waals surface area contributed by atoms with E-state index < -0.39 is 0 Å². The first-order chi connectivity index (χ1) is 8.05. The number of ether oxygens (including phenoxy) is 1. The maximum atomic E-state index is 5.96. The van der Waals surface area contributed by atoms with Crippen LogP contribution in [0.25, 0.3) is 0 Å². The molecule has 0 aromatic heterocycles. The monoisotopic (exact) mass is 232 g/mol. The first kappa shape index (κ1) is 12.4. The van der Waals surface area contributed by atoms with Crippen LogP contribution in [0.4, 0.5) is 0 Å². The van der Waals surface area contributed by atoms with Crippen LogP contribution in [0.2, 0.25) is 0 Å². The van der Waals surface area contributed by atoms with Crippen LogP contribution in [0.1, 0.15) is 39.2 Å². The van der Waals surface area contributed by atoms with E-state index in [0.29, 0.717) is 6.10 Å². The third-order valence-corrected chi connectivity index (χ3v) is 3.24. The van der Waals surface area contributed by atoms with Gasteiger partial charge < -0.3 is 4.74 Å². The molecule has 0 spiro atoms. The van der Waals surface area contributed by atoms with Gasteiger partial charge in [0.2, 0.25) is 0 Å². The smallest absolute Gasteiger partial charge is 0.119 e. The molecule has 93 valence electrons. The lowest BCUT2D eigenvalue weighted by Crippen LogP contribution is -2.30. The molecule has 0 saturated carbocycles. The van der Waals surface area contributed by atoms with Gasteiger partial charge in [-0.05, 0) is 36.0 Å². The highest BCUT2D eigenvalue weighted by Crippen LogP contribution is 2.25. The number of benzene rings is 1. The second-order valence-corrected chi connectivity index (χ2v) is 5.76. The lowest BCUT2D eigenvalue weighted by Gasteiger charge is -2.24. The van der Waals surface area contributed by atoms with Crippen LogP contribution in [0, 0.1) is 0 Å². The summed E-state index contributed by atoms with van der Waals surface area (Å²) in [4.78, 5) is 0. The summed E-state index contributed by atoms with van der Waals surface area (Å²) in [5.41, 5.74) is 1.56.